The lowest BCUT2D eigenvalue weighted by molar-refractivity contribution is 0.0165. The number of ether oxygens (including phenoxy) is 1. The van der Waals surface area contributed by atoms with Gasteiger partial charge in [-0.3, -0.25) is 9.48 Å². The molecule has 0 fully saturated rings. The number of rotatable bonds is 1. The van der Waals surface area contributed by atoms with E-state index in [1.165, 1.54) is 0 Å². The van der Waals surface area contributed by atoms with Crippen LogP contribution in [0.5, 0.6) is 0 Å². The molecular formula is C13H19IN4O3. The molecule has 1 unspecified atom stereocenters. The molecule has 2 amide bonds. The van der Waals surface area contributed by atoms with Gasteiger partial charge < -0.3 is 15.4 Å². The second kappa shape index (κ2) is 5.47. The van der Waals surface area contributed by atoms with E-state index in [0.717, 1.165) is 0 Å². The zero-order valence-electron chi connectivity index (χ0n) is 12.5. The lowest BCUT2D eigenvalue weighted by atomic mass is 10.1. The number of amides is 2. The van der Waals surface area contributed by atoms with Crippen LogP contribution in [-0.4, -0.2) is 38.8 Å². The van der Waals surface area contributed by atoms with Gasteiger partial charge in [0.25, 0.3) is 5.91 Å². The predicted molar refractivity (Wildman–Crippen MR) is 84.8 cm³/mol. The topological polar surface area (TPSA) is 90.4 Å². The number of carbonyl (C=O) groups excluding carboxylic acids is 2. The Balaban J connectivity index is 2.31. The first kappa shape index (κ1) is 16.1. The first-order chi connectivity index (χ1) is 9.60. The molecule has 0 saturated heterocycles. The van der Waals surface area contributed by atoms with Gasteiger partial charge in [0.05, 0.1) is 23.8 Å². The number of hydrogen-bond donors (Lipinski definition) is 1. The van der Waals surface area contributed by atoms with Crippen molar-refractivity contribution in [3.05, 3.63) is 15.0 Å². The summed E-state index contributed by atoms with van der Waals surface area (Å²) in [5.74, 6) is -0.529. The number of halogens is 1. The number of fused-ring (bicyclic) bond motifs is 1. The molecule has 116 valence electrons. The molecule has 0 aliphatic carbocycles. The quantitative estimate of drug-likeness (QED) is 0.722. The molecule has 0 bridgehead atoms. The highest BCUT2D eigenvalue weighted by atomic mass is 127. The van der Waals surface area contributed by atoms with E-state index in [2.05, 4.69) is 5.10 Å². The highest BCUT2D eigenvalue weighted by Crippen LogP contribution is 2.27. The van der Waals surface area contributed by atoms with E-state index < -0.39 is 17.6 Å². The average Bonchev–Trinajstić information content (AvgIpc) is 2.63. The molecular weight excluding hydrogens is 387 g/mol. The van der Waals surface area contributed by atoms with Gasteiger partial charge in [-0.05, 0) is 50.3 Å². The van der Waals surface area contributed by atoms with Crippen LogP contribution in [0.1, 0.15) is 49.8 Å². The van der Waals surface area contributed by atoms with Crippen molar-refractivity contribution in [3.63, 3.8) is 0 Å². The van der Waals surface area contributed by atoms with Crippen LogP contribution in [0.3, 0.4) is 0 Å². The summed E-state index contributed by atoms with van der Waals surface area (Å²) in [6, 6.07) is -0.0390. The van der Waals surface area contributed by atoms with Crippen LogP contribution in [0.4, 0.5) is 4.79 Å². The molecule has 1 aliphatic heterocycles. The molecule has 2 rings (SSSR count). The van der Waals surface area contributed by atoms with Crippen LogP contribution >= 0.6 is 22.6 Å². The Morgan fingerprint density at radius 1 is 1.43 bits per heavy atom. The van der Waals surface area contributed by atoms with Crippen molar-refractivity contribution in [2.45, 2.75) is 45.9 Å². The van der Waals surface area contributed by atoms with Gasteiger partial charge >= 0.3 is 6.09 Å². The molecule has 8 heteroatoms. The summed E-state index contributed by atoms with van der Waals surface area (Å²) in [6.45, 7) is 8.15. The minimum absolute atomic E-state index is 0.0390. The Hall–Kier alpha value is -1.32. The summed E-state index contributed by atoms with van der Waals surface area (Å²) in [7, 11) is 0. The van der Waals surface area contributed by atoms with Crippen molar-refractivity contribution in [2.24, 2.45) is 5.73 Å². The highest BCUT2D eigenvalue weighted by Gasteiger charge is 2.33. The zero-order chi connectivity index (χ0) is 15.9. The number of hydrogen-bond acceptors (Lipinski definition) is 4. The SMILES string of the molecule is CC1CN(C(=O)OC(C)(C)C)Cc2c(C(N)=O)c(I)nn21. The van der Waals surface area contributed by atoms with Gasteiger partial charge in [0.1, 0.15) is 9.30 Å². The van der Waals surface area contributed by atoms with Crippen molar-refractivity contribution < 1.29 is 14.3 Å². The van der Waals surface area contributed by atoms with Crippen LogP contribution < -0.4 is 5.73 Å². The van der Waals surface area contributed by atoms with Gasteiger partial charge in [-0.1, -0.05) is 0 Å². The van der Waals surface area contributed by atoms with Crippen molar-refractivity contribution in [1.82, 2.24) is 14.7 Å². The van der Waals surface area contributed by atoms with Crippen molar-refractivity contribution in [3.8, 4) is 0 Å². The van der Waals surface area contributed by atoms with Crippen LogP contribution in [0.15, 0.2) is 0 Å². The molecule has 2 N–H and O–H groups in total. The number of carbonyl (C=O) groups is 2. The first-order valence-electron chi connectivity index (χ1n) is 6.64. The van der Waals surface area contributed by atoms with Gasteiger partial charge in [0.2, 0.25) is 0 Å². The maximum Gasteiger partial charge on any atom is 0.410 e. The minimum Gasteiger partial charge on any atom is -0.444 e. The van der Waals surface area contributed by atoms with E-state index >= 15 is 0 Å². The molecule has 2 heterocycles. The molecule has 0 radical (unpaired) electrons. The summed E-state index contributed by atoms with van der Waals surface area (Å²) in [5, 5.41) is 4.35. The van der Waals surface area contributed by atoms with Crippen molar-refractivity contribution in [1.29, 1.82) is 0 Å². The number of aromatic nitrogens is 2. The Morgan fingerprint density at radius 3 is 2.57 bits per heavy atom. The molecule has 7 nitrogen and oxygen atoms in total. The smallest absolute Gasteiger partial charge is 0.410 e. The third-order valence-corrected chi connectivity index (χ3v) is 3.86. The number of nitrogens with zero attached hydrogens (tertiary/aromatic N) is 3. The maximum atomic E-state index is 12.2. The number of nitrogens with two attached hydrogens (primary N) is 1. The lowest BCUT2D eigenvalue weighted by Gasteiger charge is -2.33. The van der Waals surface area contributed by atoms with Gasteiger partial charge in [-0.15, -0.1) is 0 Å². The Labute approximate surface area is 136 Å². The summed E-state index contributed by atoms with van der Waals surface area (Å²) in [4.78, 5) is 25.4. The van der Waals surface area contributed by atoms with Gasteiger partial charge in [0, 0.05) is 6.54 Å². The van der Waals surface area contributed by atoms with Crippen LogP contribution in [-0.2, 0) is 11.3 Å². The van der Waals surface area contributed by atoms with E-state index in [4.69, 9.17) is 10.5 Å². The second-order valence-electron chi connectivity index (χ2n) is 6.13. The fourth-order valence-corrected chi connectivity index (χ4v) is 3.12. The van der Waals surface area contributed by atoms with E-state index in [1.807, 2.05) is 50.3 Å². The third kappa shape index (κ3) is 3.30. The molecule has 1 atom stereocenters. The van der Waals surface area contributed by atoms with E-state index in [9.17, 15) is 9.59 Å². The molecule has 1 aromatic heterocycles. The summed E-state index contributed by atoms with van der Waals surface area (Å²) in [5.41, 5.74) is 5.91. The Bertz CT molecular complexity index is 591. The van der Waals surface area contributed by atoms with E-state index in [0.29, 0.717) is 21.5 Å². The van der Waals surface area contributed by atoms with Crippen molar-refractivity contribution >= 4 is 34.6 Å². The molecule has 1 aromatic rings. The molecule has 0 saturated carbocycles. The monoisotopic (exact) mass is 406 g/mol. The fourth-order valence-electron chi connectivity index (χ4n) is 2.31. The normalized spacial score (nSPS) is 18.3. The minimum atomic E-state index is -0.557. The maximum absolute atomic E-state index is 12.2. The van der Waals surface area contributed by atoms with Gasteiger partial charge in [0.15, 0.2) is 0 Å². The first-order valence-corrected chi connectivity index (χ1v) is 7.72. The zero-order valence-corrected chi connectivity index (χ0v) is 14.7. The Kier molecular flexibility index (Phi) is 4.18. The van der Waals surface area contributed by atoms with Crippen LogP contribution in [0, 0.1) is 3.70 Å². The van der Waals surface area contributed by atoms with Gasteiger partial charge in [-0.2, -0.15) is 5.10 Å². The predicted octanol–water partition coefficient (Wildman–Crippen LogP) is 1.90. The van der Waals surface area contributed by atoms with Crippen molar-refractivity contribution in [2.75, 3.05) is 6.54 Å². The molecule has 0 spiro atoms. The standard InChI is InChI=1S/C13H19IN4O3/c1-7-5-17(12(20)21-13(2,3)4)6-8-9(11(15)19)10(14)16-18(7)8/h7H,5-6H2,1-4H3,(H2,15,19). The molecule has 21 heavy (non-hydrogen) atoms. The fraction of sp³-hybridized carbons (Fsp3) is 0.615. The Morgan fingerprint density at radius 2 is 2.05 bits per heavy atom. The van der Waals surface area contributed by atoms with E-state index in [-0.39, 0.29) is 12.6 Å². The largest absolute Gasteiger partial charge is 0.444 e. The summed E-state index contributed by atoms with van der Waals surface area (Å²) < 4.78 is 7.72. The molecule has 0 aromatic carbocycles. The highest BCUT2D eigenvalue weighted by molar-refractivity contribution is 14.1. The summed E-state index contributed by atoms with van der Waals surface area (Å²) in [6.07, 6.45) is -0.396. The second-order valence-corrected chi connectivity index (χ2v) is 7.15. The van der Waals surface area contributed by atoms with Gasteiger partial charge in [-0.25, -0.2) is 4.79 Å². The lowest BCUT2D eigenvalue weighted by Crippen LogP contribution is -2.43. The molecule has 1 aliphatic rings. The summed E-state index contributed by atoms with van der Waals surface area (Å²) >= 11 is 1.99. The van der Waals surface area contributed by atoms with Crippen LogP contribution in [0.25, 0.3) is 0 Å². The van der Waals surface area contributed by atoms with Crippen LogP contribution in [0.2, 0.25) is 0 Å². The average molecular weight is 406 g/mol. The number of primary amides is 1. The third-order valence-electron chi connectivity index (χ3n) is 3.11. The van der Waals surface area contributed by atoms with E-state index in [1.54, 1.807) is 9.58 Å².